The molecular formula is C13H23NO3. The van der Waals surface area contributed by atoms with Crippen LogP contribution in [0.4, 0.5) is 0 Å². The van der Waals surface area contributed by atoms with Crippen LogP contribution in [0.3, 0.4) is 0 Å². The molecule has 3 atom stereocenters. The van der Waals surface area contributed by atoms with Crippen LogP contribution in [-0.2, 0) is 14.3 Å². The van der Waals surface area contributed by atoms with Gasteiger partial charge < -0.3 is 14.8 Å². The summed E-state index contributed by atoms with van der Waals surface area (Å²) >= 11 is 0. The number of fused-ring (bicyclic) bond motifs is 2. The zero-order chi connectivity index (χ0) is 12.1. The number of carbonyl (C=O) groups is 1. The summed E-state index contributed by atoms with van der Waals surface area (Å²) in [6.45, 7) is 2.02. The fourth-order valence-corrected chi connectivity index (χ4v) is 3.23. The van der Waals surface area contributed by atoms with E-state index in [2.05, 4.69) is 5.32 Å². The molecule has 0 aromatic rings. The van der Waals surface area contributed by atoms with Gasteiger partial charge in [-0.1, -0.05) is 6.42 Å². The lowest BCUT2D eigenvalue weighted by molar-refractivity contribution is -0.126. The molecule has 4 nitrogen and oxygen atoms in total. The molecule has 98 valence electrons. The van der Waals surface area contributed by atoms with E-state index in [4.69, 9.17) is 9.47 Å². The first kappa shape index (κ1) is 12.8. The van der Waals surface area contributed by atoms with E-state index in [-0.39, 0.29) is 12.5 Å². The van der Waals surface area contributed by atoms with Crippen molar-refractivity contribution in [1.82, 2.24) is 5.32 Å². The lowest BCUT2D eigenvalue weighted by Crippen LogP contribution is -2.34. The summed E-state index contributed by atoms with van der Waals surface area (Å²) in [5, 5.41) is 2.98. The van der Waals surface area contributed by atoms with Crippen LogP contribution in [0.15, 0.2) is 0 Å². The molecule has 2 aliphatic carbocycles. The molecule has 0 aromatic carbocycles. The summed E-state index contributed by atoms with van der Waals surface area (Å²) in [5.74, 6) is 2.54. The standard InChI is InChI=1S/C13H23NO3/c1-16-4-5-17-9-13(15)14-8-12-7-10-2-3-11(12)6-10/h10-12H,2-9H2,1H3,(H,14,15). The summed E-state index contributed by atoms with van der Waals surface area (Å²) in [4.78, 5) is 11.5. The van der Waals surface area contributed by atoms with Crippen LogP contribution in [0, 0.1) is 17.8 Å². The van der Waals surface area contributed by atoms with Crippen molar-refractivity contribution in [2.45, 2.75) is 25.7 Å². The highest BCUT2D eigenvalue weighted by Crippen LogP contribution is 2.47. The average molecular weight is 241 g/mol. The Kier molecular flexibility index (Phi) is 4.80. The highest BCUT2D eigenvalue weighted by atomic mass is 16.5. The van der Waals surface area contributed by atoms with E-state index in [0.29, 0.717) is 13.2 Å². The minimum atomic E-state index is 0.00359. The van der Waals surface area contributed by atoms with E-state index >= 15 is 0 Å². The zero-order valence-corrected chi connectivity index (χ0v) is 10.6. The lowest BCUT2D eigenvalue weighted by Gasteiger charge is -2.21. The molecule has 2 bridgehead atoms. The molecule has 1 amide bonds. The predicted molar refractivity (Wildman–Crippen MR) is 64.6 cm³/mol. The first-order chi connectivity index (χ1) is 8.29. The van der Waals surface area contributed by atoms with Gasteiger partial charge in [0, 0.05) is 13.7 Å². The third-order valence-corrected chi connectivity index (χ3v) is 4.11. The molecule has 0 saturated heterocycles. The van der Waals surface area contributed by atoms with Crippen LogP contribution >= 0.6 is 0 Å². The Labute approximate surface area is 103 Å². The molecular weight excluding hydrogens is 218 g/mol. The summed E-state index contributed by atoms with van der Waals surface area (Å²) in [6.07, 6.45) is 5.49. The lowest BCUT2D eigenvalue weighted by atomic mass is 9.89. The van der Waals surface area contributed by atoms with Crippen molar-refractivity contribution in [3.05, 3.63) is 0 Å². The third-order valence-electron chi connectivity index (χ3n) is 4.11. The average Bonchev–Trinajstić information content (AvgIpc) is 2.94. The second kappa shape index (κ2) is 6.36. The maximum absolute atomic E-state index is 11.5. The number of hydrogen-bond acceptors (Lipinski definition) is 3. The zero-order valence-electron chi connectivity index (χ0n) is 10.6. The van der Waals surface area contributed by atoms with Crippen LogP contribution in [0.25, 0.3) is 0 Å². The van der Waals surface area contributed by atoms with E-state index in [1.165, 1.54) is 25.7 Å². The molecule has 0 aromatic heterocycles. The Morgan fingerprint density at radius 1 is 1.29 bits per heavy atom. The fraction of sp³-hybridized carbons (Fsp3) is 0.923. The van der Waals surface area contributed by atoms with Gasteiger partial charge in [0.2, 0.25) is 5.91 Å². The topological polar surface area (TPSA) is 47.6 Å². The molecule has 2 aliphatic rings. The van der Waals surface area contributed by atoms with Crippen LogP contribution in [-0.4, -0.2) is 39.4 Å². The molecule has 0 aliphatic heterocycles. The quantitative estimate of drug-likeness (QED) is 0.681. The first-order valence-corrected chi connectivity index (χ1v) is 6.63. The number of hydrogen-bond donors (Lipinski definition) is 1. The van der Waals surface area contributed by atoms with Crippen LogP contribution in [0.1, 0.15) is 25.7 Å². The molecule has 2 fully saturated rings. The van der Waals surface area contributed by atoms with E-state index in [9.17, 15) is 4.79 Å². The van der Waals surface area contributed by atoms with Gasteiger partial charge in [-0.2, -0.15) is 0 Å². The molecule has 0 spiro atoms. The largest absolute Gasteiger partial charge is 0.382 e. The van der Waals surface area contributed by atoms with Crippen LogP contribution < -0.4 is 5.32 Å². The number of rotatable bonds is 7. The summed E-state index contributed by atoms with van der Waals surface area (Å²) in [6, 6.07) is 0. The monoisotopic (exact) mass is 241 g/mol. The van der Waals surface area contributed by atoms with E-state index in [1.807, 2.05) is 0 Å². The maximum atomic E-state index is 11.5. The van der Waals surface area contributed by atoms with Gasteiger partial charge in [0.15, 0.2) is 0 Å². The van der Waals surface area contributed by atoms with E-state index < -0.39 is 0 Å². The van der Waals surface area contributed by atoms with Crippen LogP contribution in [0.2, 0.25) is 0 Å². The molecule has 2 rings (SSSR count). The molecule has 3 unspecified atom stereocenters. The Bertz CT molecular complexity index is 257. The molecule has 2 saturated carbocycles. The van der Waals surface area contributed by atoms with Crippen molar-refractivity contribution in [3.8, 4) is 0 Å². The minimum absolute atomic E-state index is 0.00359. The van der Waals surface area contributed by atoms with Crippen molar-refractivity contribution in [2.75, 3.05) is 33.5 Å². The van der Waals surface area contributed by atoms with Gasteiger partial charge in [0.05, 0.1) is 13.2 Å². The van der Waals surface area contributed by atoms with Crippen molar-refractivity contribution in [2.24, 2.45) is 17.8 Å². The number of ether oxygens (including phenoxy) is 2. The Morgan fingerprint density at radius 2 is 2.18 bits per heavy atom. The van der Waals surface area contributed by atoms with Gasteiger partial charge in [0.1, 0.15) is 6.61 Å². The minimum Gasteiger partial charge on any atom is -0.382 e. The molecule has 1 N–H and O–H groups in total. The van der Waals surface area contributed by atoms with Gasteiger partial charge in [-0.15, -0.1) is 0 Å². The smallest absolute Gasteiger partial charge is 0.246 e. The molecule has 17 heavy (non-hydrogen) atoms. The van der Waals surface area contributed by atoms with Crippen molar-refractivity contribution in [3.63, 3.8) is 0 Å². The van der Waals surface area contributed by atoms with E-state index in [1.54, 1.807) is 7.11 Å². The number of methoxy groups -OCH3 is 1. The molecule has 4 heteroatoms. The Morgan fingerprint density at radius 3 is 2.82 bits per heavy atom. The summed E-state index contributed by atoms with van der Waals surface area (Å²) in [7, 11) is 1.62. The first-order valence-electron chi connectivity index (χ1n) is 6.63. The summed E-state index contributed by atoms with van der Waals surface area (Å²) in [5.41, 5.74) is 0. The van der Waals surface area contributed by atoms with Crippen LogP contribution in [0.5, 0.6) is 0 Å². The van der Waals surface area contributed by atoms with Gasteiger partial charge in [-0.3, -0.25) is 4.79 Å². The second-order valence-electron chi connectivity index (χ2n) is 5.28. The summed E-state index contributed by atoms with van der Waals surface area (Å²) < 4.78 is 10.0. The Hall–Kier alpha value is -0.610. The highest BCUT2D eigenvalue weighted by molar-refractivity contribution is 5.77. The van der Waals surface area contributed by atoms with Gasteiger partial charge in [0.25, 0.3) is 0 Å². The normalized spacial score (nSPS) is 30.8. The van der Waals surface area contributed by atoms with Crippen molar-refractivity contribution >= 4 is 5.91 Å². The number of carbonyl (C=O) groups excluding carboxylic acids is 1. The molecule has 0 radical (unpaired) electrons. The van der Waals surface area contributed by atoms with Crippen molar-refractivity contribution < 1.29 is 14.3 Å². The fourth-order valence-electron chi connectivity index (χ4n) is 3.23. The number of nitrogens with one attached hydrogen (secondary N) is 1. The van der Waals surface area contributed by atoms with E-state index in [0.717, 1.165) is 24.3 Å². The van der Waals surface area contributed by atoms with Gasteiger partial charge in [-0.05, 0) is 37.0 Å². The number of amides is 1. The van der Waals surface area contributed by atoms with Gasteiger partial charge >= 0.3 is 0 Å². The Balaban J connectivity index is 1.54. The van der Waals surface area contributed by atoms with Crippen molar-refractivity contribution in [1.29, 1.82) is 0 Å². The van der Waals surface area contributed by atoms with Gasteiger partial charge in [-0.25, -0.2) is 0 Å². The third kappa shape index (κ3) is 3.68. The predicted octanol–water partition coefficient (Wildman–Crippen LogP) is 1.20. The molecule has 0 heterocycles. The highest BCUT2D eigenvalue weighted by Gasteiger charge is 2.39. The second-order valence-corrected chi connectivity index (χ2v) is 5.28. The maximum Gasteiger partial charge on any atom is 0.246 e. The SMILES string of the molecule is COCCOCC(=O)NCC1CC2CCC1C2.